The van der Waals surface area contributed by atoms with Gasteiger partial charge in [-0.05, 0) is 25.0 Å². The molecule has 0 spiro atoms. The highest BCUT2D eigenvalue weighted by Crippen LogP contribution is 2.31. The predicted octanol–water partition coefficient (Wildman–Crippen LogP) is 1.34. The predicted molar refractivity (Wildman–Crippen MR) is 61.0 cm³/mol. The van der Waals surface area contributed by atoms with Gasteiger partial charge in [0.15, 0.2) is 0 Å². The van der Waals surface area contributed by atoms with Gasteiger partial charge in [0.25, 0.3) is 0 Å². The summed E-state index contributed by atoms with van der Waals surface area (Å²) in [6.45, 7) is 0.911. The lowest BCUT2D eigenvalue weighted by atomic mass is 9.81. The number of carbonyl (C=O) groups excluding carboxylic acids is 1. The molecule has 0 aliphatic carbocycles. The number of rotatable bonds is 2. The summed E-state index contributed by atoms with van der Waals surface area (Å²) in [5, 5.41) is 12.0. The number of amides is 1. The molecule has 1 aliphatic rings. The Bertz CT molecular complexity index is 433. The summed E-state index contributed by atoms with van der Waals surface area (Å²) in [6.07, 6.45) is 4.08. The van der Waals surface area contributed by atoms with Crippen molar-refractivity contribution < 1.29 is 9.53 Å². The fourth-order valence-electron chi connectivity index (χ4n) is 1.80. The molecule has 1 saturated heterocycles. The molecule has 5 nitrogen and oxygen atoms in total. The van der Waals surface area contributed by atoms with E-state index >= 15 is 0 Å². The maximum atomic E-state index is 12.1. The zero-order valence-electron chi connectivity index (χ0n) is 9.35. The molecule has 1 fully saturated rings. The minimum absolute atomic E-state index is 0.255. The second kappa shape index (κ2) is 4.93. The second-order valence-electron chi connectivity index (χ2n) is 4.00. The van der Waals surface area contributed by atoms with Crippen molar-refractivity contribution in [3.63, 3.8) is 0 Å². The van der Waals surface area contributed by atoms with Crippen molar-refractivity contribution >= 4 is 11.6 Å². The van der Waals surface area contributed by atoms with Crippen LogP contribution in [-0.4, -0.2) is 24.1 Å². The second-order valence-corrected chi connectivity index (χ2v) is 4.00. The van der Waals surface area contributed by atoms with Gasteiger partial charge in [-0.1, -0.05) is 0 Å². The van der Waals surface area contributed by atoms with Crippen LogP contribution in [0.2, 0.25) is 0 Å². The molecule has 2 rings (SSSR count). The number of pyridine rings is 1. The van der Waals surface area contributed by atoms with Crippen molar-refractivity contribution in [2.75, 3.05) is 18.5 Å². The van der Waals surface area contributed by atoms with Gasteiger partial charge >= 0.3 is 0 Å². The molecular weight excluding hydrogens is 218 g/mol. The third-order valence-electron chi connectivity index (χ3n) is 2.93. The summed E-state index contributed by atoms with van der Waals surface area (Å²) in [4.78, 5) is 16.0. The summed E-state index contributed by atoms with van der Waals surface area (Å²) in [5.41, 5.74) is -0.298. The van der Waals surface area contributed by atoms with Crippen molar-refractivity contribution in [1.82, 2.24) is 4.98 Å². The topological polar surface area (TPSA) is 75.0 Å². The van der Waals surface area contributed by atoms with Gasteiger partial charge in [-0.15, -0.1) is 0 Å². The van der Waals surface area contributed by atoms with Gasteiger partial charge in [0, 0.05) is 31.3 Å². The Balaban J connectivity index is 2.11. The number of nitrogens with zero attached hydrogens (tertiary/aromatic N) is 2. The van der Waals surface area contributed by atoms with E-state index in [-0.39, 0.29) is 5.91 Å². The number of nitrogens with one attached hydrogen (secondary N) is 1. The normalized spacial score (nSPS) is 18.1. The Labute approximate surface area is 99.4 Å². The average Bonchev–Trinajstić information content (AvgIpc) is 2.40. The maximum Gasteiger partial charge on any atom is 0.245 e. The first-order valence-electron chi connectivity index (χ1n) is 5.47. The Hall–Kier alpha value is -1.93. The van der Waals surface area contributed by atoms with E-state index in [1.807, 2.05) is 0 Å². The molecule has 1 amide bonds. The van der Waals surface area contributed by atoms with Crippen LogP contribution in [0.25, 0.3) is 0 Å². The molecule has 1 N–H and O–H groups in total. The van der Waals surface area contributed by atoms with Gasteiger partial charge in [0.05, 0.1) is 6.07 Å². The van der Waals surface area contributed by atoms with Crippen LogP contribution in [0, 0.1) is 16.7 Å². The molecule has 1 aromatic heterocycles. The van der Waals surface area contributed by atoms with E-state index in [1.165, 1.54) is 0 Å². The summed E-state index contributed by atoms with van der Waals surface area (Å²) in [6, 6.07) is 5.52. The Morgan fingerprint density at radius 1 is 1.41 bits per heavy atom. The SMILES string of the molecule is N#CC1(C(=O)Nc2ccncc2)CCOCC1. The van der Waals surface area contributed by atoms with Gasteiger partial charge in [-0.3, -0.25) is 9.78 Å². The highest BCUT2D eigenvalue weighted by molar-refractivity contribution is 5.97. The number of hydrogen-bond donors (Lipinski definition) is 1. The van der Waals surface area contributed by atoms with Crippen molar-refractivity contribution in [3.8, 4) is 6.07 Å². The van der Waals surface area contributed by atoms with E-state index in [1.54, 1.807) is 24.5 Å². The van der Waals surface area contributed by atoms with Crippen LogP contribution in [0.15, 0.2) is 24.5 Å². The number of anilines is 1. The lowest BCUT2D eigenvalue weighted by Crippen LogP contribution is -2.39. The summed E-state index contributed by atoms with van der Waals surface area (Å²) < 4.78 is 5.19. The number of hydrogen-bond acceptors (Lipinski definition) is 4. The van der Waals surface area contributed by atoms with Gasteiger partial charge in [0.2, 0.25) is 5.91 Å². The van der Waals surface area contributed by atoms with Crippen LogP contribution in [0.5, 0.6) is 0 Å². The van der Waals surface area contributed by atoms with E-state index in [9.17, 15) is 10.1 Å². The molecule has 0 bridgehead atoms. The highest BCUT2D eigenvalue weighted by atomic mass is 16.5. The molecule has 2 heterocycles. The molecule has 0 aromatic carbocycles. The van der Waals surface area contributed by atoms with E-state index in [4.69, 9.17) is 4.74 Å². The standard InChI is InChI=1S/C12H13N3O2/c13-9-12(3-7-17-8-4-12)11(16)15-10-1-5-14-6-2-10/h1-2,5-6H,3-4,7-8H2,(H,14,15,16). The lowest BCUT2D eigenvalue weighted by molar-refractivity contribution is -0.126. The maximum absolute atomic E-state index is 12.1. The van der Waals surface area contributed by atoms with Crippen molar-refractivity contribution in [2.24, 2.45) is 5.41 Å². The van der Waals surface area contributed by atoms with Gasteiger partial charge in [-0.25, -0.2) is 0 Å². The Morgan fingerprint density at radius 3 is 2.65 bits per heavy atom. The molecule has 1 aromatic rings. The molecule has 88 valence electrons. The largest absolute Gasteiger partial charge is 0.381 e. The fourth-order valence-corrected chi connectivity index (χ4v) is 1.80. The monoisotopic (exact) mass is 231 g/mol. The average molecular weight is 231 g/mol. The number of nitriles is 1. The first kappa shape index (κ1) is 11.6. The Kier molecular flexibility index (Phi) is 3.35. The number of aromatic nitrogens is 1. The molecule has 1 aliphatic heterocycles. The van der Waals surface area contributed by atoms with E-state index in [0.29, 0.717) is 31.7 Å². The van der Waals surface area contributed by atoms with Gasteiger partial charge in [0.1, 0.15) is 5.41 Å². The van der Waals surface area contributed by atoms with E-state index in [2.05, 4.69) is 16.4 Å². The van der Waals surface area contributed by atoms with Crippen LogP contribution >= 0.6 is 0 Å². The molecule has 0 saturated carbocycles. The lowest BCUT2D eigenvalue weighted by Gasteiger charge is -2.29. The Morgan fingerprint density at radius 2 is 2.06 bits per heavy atom. The molecule has 0 atom stereocenters. The molecule has 5 heteroatoms. The van der Waals surface area contributed by atoms with E-state index < -0.39 is 5.41 Å². The van der Waals surface area contributed by atoms with Crippen molar-refractivity contribution in [2.45, 2.75) is 12.8 Å². The zero-order valence-corrected chi connectivity index (χ0v) is 9.35. The first-order chi connectivity index (χ1) is 8.27. The third kappa shape index (κ3) is 2.43. The van der Waals surface area contributed by atoms with Crippen molar-refractivity contribution in [1.29, 1.82) is 5.26 Å². The van der Waals surface area contributed by atoms with Gasteiger partial charge in [-0.2, -0.15) is 5.26 Å². The number of carbonyl (C=O) groups is 1. The summed E-state index contributed by atoms with van der Waals surface area (Å²) in [5.74, 6) is -0.255. The quantitative estimate of drug-likeness (QED) is 0.833. The molecule has 17 heavy (non-hydrogen) atoms. The fraction of sp³-hybridized carbons (Fsp3) is 0.417. The van der Waals surface area contributed by atoms with Gasteiger partial charge < -0.3 is 10.1 Å². The molecule has 0 unspecified atom stereocenters. The smallest absolute Gasteiger partial charge is 0.245 e. The first-order valence-corrected chi connectivity index (χ1v) is 5.47. The molecular formula is C12H13N3O2. The van der Waals surface area contributed by atoms with E-state index in [0.717, 1.165) is 0 Å². The molecule has 0 radical (unpaired) electrons. The third-order valence-corrected chi connectivity index (χ3v) is 2.93. The van der Waals surface area contributed by atoms with Crippen LogP contribution in [0.1, 0.15) is 12.8 Å². The van der Waals surface area contributed by atoms with Crippen molar-refractivity contribution in [3.05, 3.63) is 24.5 Å². The minimum atomic E-state index is -0.957. The van der Waals surface area contributed by atoms with Crippen LogP contribution in [0.4, 0.5) is 5.69 Å². The minimum Gasteiger partial charge on any atom is -0.381 e. The number of ether oxygens (including phenoxy) is 1. The zero-order chi connectivity index (χ0) is 12.1. The highest BCUT2D eigenvalue weighted by Gasteiger charge is 2.40. The summed E-state index contributed by atoms with van der Waals surface area (Å²) in [7, 11) is 0. The van der Waals surface area contributed by atoms with Crippen LogP contribution in [0.3, 0.4) is 0 Å². The van der Waals surface area contributed by atoms with Crippen LogP contribution < -0.4 is 5.32 Å². The van der Waals surface area contributed by atoms with Crippen LogP contribution in [-0.2, 0) is 9.53 Å². The summed E-state index contributed by atoms with van der Waals surface area (Å²) >= 11 is 0.